The molecule has 1 aliphatic heterocycles. The maximum Gasteiger partial charge on any atom is 0.237 e. The molecule has 0 radical (unpaired) electrons. The van der Waals surface area contributed by atoms with Crippen molar-refractivity contribution in [3.8, 4) is 0 Å². The zero-order valence-corrected chi connectivity index (χ0v) is 10.6. The van der Waals surface area contributed by atoms with Gasteiger partial charge < -0.3 is 15.4 Å². The van der Waals surface area contributed by atoms with Crippen molar-refractivity contribution in [3.63, 3.8) is 0 Å². The SMILES string of the molecule is CC(C)COCCNC(=O)C1NCCC1C. The molecule has 2 atom stereocenters. The lowest BCUT2D eigenvalue weighted by atomic mass is 10.0. The molecule has 94 valence electrons. The van der Waals surface area contributed by atoms with Crippen LogP contribution in [-0.2, 0) is 9.53 Å². The molecule has 2 N–H and O–H groups in total. The largest absolute Gasteiger partial charge is 0.379 e. The second-order valence-electron chi connectivity index (χ2n) is 4.96. The molecule has 0 bridgehead atoms. The highest BCUT2D eigenvalue weighted by molar-refractivity contribution is 5.82. The summed E-state index contributed by atoms with van der Waals surface area (Å²) in [5.74, 6) is 1.10. The number of ether oxygens (including phenoxy) is 1. The van der Waals surface area contributed by atoms with Gasteiger partial charge in [0.1, 0.15) is 0 Å². The minimum absolute atomic E-state index is 0.00917. The summed E-state index contributed by atoms with van der Waals surface area (Å²) in [6.07, 6.45) is 1.09. The molecular formula is C12H24N2O2. The molecule has 1 aliphatic rings. The van der Waals surface area contributed by atoms with Gasteiger partial charge in [-0.05, 0) is 24.8 Å². The van der Waals surface area contributed by atoms with Gasteiger partial charge in [0.05, 0.1) is 12.6 Å². The zero-order chi connectivity index (χ0) is 12.0. The number of rotatable bonds is 6. The van der Waals surface area contributed by atoms with Gasteiger partial charge in [-0.3, -0.25) is 4.79 Å². The van der Waals surface area contributed by atoms with Gasteiger partial charge in [-0.2, -0.15) is 0 Å². The van der Waals surface area contributed by atoms with E-state index in [0.29, 0.717) is 25.0 Å². The lowest BCUT2D eigenvalue weighted by molar-refractivity contribution is -0.123. The Hall–Kier alpha value is -0.610. The molecule has 1 amide bonds. The van der Waals surface area contributed by atoms with Gasteiger partial charge in [0.25, 0.3) is 0 Å². The van der Waals surface area contributed by atoms with E-state index in [9.17, 15) is 4.79 Å². The smallest absolute Gasteiger partial charge is 0.237 e. The first-order valence-corrected chi connectivity index (χ1v) is 6.20. The van der Waals surface area contributed by atoms with Crippen molar-refractivity contribution >= 4 is 5.91 Å². The molecule has 0 aromatic rings. The highest BCUT2D eigenvalue weighted by Crippen LogP contribution is 2.13. The first kappa shape index (κ1) is 13.5. The minimum atomic E-state index is -0.00917. The number of carbonyl (C=O) groups excluding carboxylic acids is 1. The van der Waals surface area contributed by atoms with Crippen molar-refractivity contribution in [2.45, 2.75) is 33.2 Å². The Balaban J connectivity index is 2.06. The molecule has 2 unspecified atom stereocenters. The first-order chi connectivity index (χ1) is 7.61. The maximum atomic E-state index is 11.7. The van der Waals surface area contributed by atoms with Crippen molar-refractivity contribution in [2.75, 3.05) is 26.3 Å². The summed E-state index contributed by atoms with van der Waals surface area (Å²) in [6.45, 7) is 9.25. The van der Waals surface area contributed by atoms with Crippen molar-refractivity contribution in [3.05, 3.63) is 0 Å². The summed E-state index contributed by atoms with van der Waals surface area (Å²) in [5, 5.41) is 6.11. The van der Waals surface area contributed by atoms with E-state index in [1.54, 1.807) is 0 Å². The minimum Gasteiger partial charge on any atom is -0.379 e. The van der Waals surface area contributed by atoms with Gasteiger partial charge >= 0.3 is 0 Å². The van der Waals surface area contributed by atoms with Gasteiger partial charge in [-0.25, -0.2) is 0 Å². The van der Waals surface area contributed by atoms with Crippen LogP contribution in [0.15, 0.2) is 0 Å². The van der Waals surface area contributed by atoms with Gasteiger partial charge in [0.2, 0.25) is 5.91 Å². The Labute approximate surface area is 98.1 Å². The van der Waals surface area contributed by atoms with Gasteiger partial charge in [-0.15, -0.1) is 0 Å². The van der Waals surface area contributed by atoms with Crippen LogP contribution in [0.1, 0.15) is 27.2 Å². The molecule has 0 spiro atoms. The van der Waals surface area contributed by atoms with E-state index in [1.807, 2.05) is 0 Å². The van der Waals surface area contributed by atoms with Crippen molar-refractivity contribution < 1.29 is 9.53 Å². The van der Waals surface area contributed by atoms with E-state index in [-0.39, 0.29) is 11.9 Å². The van der Waals surface area contributed by atoms with Crippen molar-refractivity contribution in [1.29, 1.82) is 0 Å². The monoisotopic (exact) mass is 228 g/mol. The summed E-state index contributed by atoms with van der Waals surface area (Å²) in [5.41, 5.74) is 0. The maximum absolute atomic E-state index is 11.7. The third-order valence-corrected chi connectivity index (χ3v) is 2.81. The Kier molecular flexibility index (Phi) is 5.77. The van der Waals surface area contributed by atoms with Crippen LogP contribution < -0.4 is 10.6 Å². The topological polar surface area (TPSA) is 50.4 Å². The molecule has 4 heteroatoms. The van der Waals surface area contributed by atoms with Crippen molar-refractivity contribution in [1.82, 2.24) is 10.6 Å². The predicted molar refractivity (Wildman–Crippen MR) is 64.2 cm³/mol. The highest BCUT2D eigenvalue weighted by Gasteiger charge is 2.28. The standard InChI is InChI=1S/C12H24N2O2/c1-9(2)8-16-7-6-14-12(15)11-10(3)4-5-13-11/h9-11,13H,4-8H2,1-3H3,(H,14,15). The fraction of sp³-hybridized carbons (Fsp3) is 0.917. The lowest BCUT2D eigenvalue weighted by Gasteiger charge is -2.15. The number of hydrogen-bond acceptors (Lipinski definition) is 3. The third-order valence-electron chi connectivity index (χ3n) is 2.81. The van der Waals surface area contributed by atoms with E-state index >= 15 is 0 Å². The average molecular weight is 228 g/mol. The normalized spacial score (nSPS) is 25.0. The number of hydrogen-bond donors (Lipinski definition) is 2. The second kappa shape index (κ2) is 6.86. The molecule has 1 heterocycles. The van der Waals surface area contributed by atoms with Crippen LogP contribution in [0.3, 0.4) is 0 Å². The first-order valence-electron chi connectivity index (χ1n) is 6.20. The summed E-state index contributed by atoms with van der Waals surface area (Å²) in [7, 11) is 0. The fourth-order valence-electron chi connectivity index (χ4n) is 1.86. The van der Waals surface area contributed by atoms with Crippen LogP contribution >= 0.6 is 0 Å². The summed E-state index contributed by atoms with van der Waals surface area (Å²) >= 11 is 0. The Morgan fingerprint density at radius 1 is 1.56 bits per heavy atom. The molecular weight excluding hydrogens is 204 g/mol. The summed E-state index contributed by atoms with van der Waals surface area (Å²) < 4.78 is 5.40. The van der Waals surface area contributed by atoms with E-state index < -0.39 is 0 Å². The number of nitrogens with one attached hydrogen (secondary N) is 2. The molecule has 0 aliphatic carbocycles. The molecule has 4 nitrogen and oxygen atoms in total. The highest BCUT2D eigenvalue weighted by atomic mass is 16.5. The molecule has 0 saturated carbocycles. The van der Waals surface area contributed by atoms with Gasteiger partial charge in [0.15, 0.2) is 0 Å². The summed E-state index contributed by atoms with van der Waals surface area (Å²) in [4.78, 5) is 11.7. The molecule has 0 aromatic heterocycles. The summed E-state index contributed by atoms with van der Waals surface area (Å²) in [6, 6.07) is -0.00917. The van der Waals surface area contributed by atoms with E-state index in [4.69, 9.17) is 4.74 Å². The van der Waals surface area contributed by atoms with Crippen LogP contribution in [0.5, 0.6) is 0 Å². The third kappa shape index (κ3) is 4.49. The quantitative estimate of drug-likeness (QED) is 0.660. The lowest BCUT2D eigenvalue weighted by Crippen LogP contribution is -2.44. The fourth-order valence-corrected chi connectivity index (χ4v) is 1.86. The molecule has 1 fully saturated rings. The van der Waals surface area contributed by atoms with Gasteiger partial charge in [-0.1, -0.05) is 20.8 Å². The van der Waals surface area contributed by atoms with Crippen LogP contribution in [-0.4, -0.2) is 38.3 Å². The molecule has 0 aromatic carbocycles. The Bertz CT molecular complexity index is 219. The molecule has 1 rings (SSSR count). The Morgan fingerprint density at radius 2 is 2.31 bits per heavy atom. The second-order valence-corrected chi connectivity index (χ2v) is 4.96. The van der Waals surface area contributed by atoms with E-state index in [1.165, 1.54) is 0 Å². The molecule has 16 heavy (non-hydrogen) atoms. The van der Waals surface area contributed by atoms with Gasteiger partial charge in [0, 0.05) is 13.2 Å². The predicted octanol–water partition coefficient (Wildman–Crippen LogP) is 0.773. The average Bonchev–Trinajstić information content (AvgIpc) is 2.63. The van der Waals surface area contributed by atoms with Crippen LogP contribution in [0.4, 0.5) is 0 Å². The zero-order valence-electron chi connectivity index (χ0n) is 10.6. The van der Waals surface area contributed by atoms with E-state index in [2.05, 4.69) is 31.4 Å². The van der Waals surface area contributed by atoms with E-state index in [0.717, 1.165) is 19.6 Å². The Morgan fingerprint density at radius 3 is 2.88 bits per heavy atom. The van der Waals surface area contributed by atoms with Crippen LogP contribution in [0.2, 0.25) is 0 Å². The van der Waals surface area contributed by atoms with Crippen LogP contribution in [0, 0.1) is 11.8 Å². The number of amides is 1. The molecule has 1 saturated heterocycles. The van der Waals surface area contributed by atoms with Crippen LogP contribution in [0.25, 0.3) is 0 Å². The van der Waals surface area contributed by atoms with Crippen molar-refractivity contribution in [2.24, 2.45) is 11.8 Å². The number of carbonyl (C=O) groups is 1.